The molecule has 0 heterocycles. The zero-order valence-corrected chi connectivity index (χ0v) is 17.8. The molecule has 1 N–H and O–H groups in total. The molecule has 32 heavy (non-hydrogen) atoms. The molecule has 0 aromatic heterocycles. The van der Waals surface area contributed by atoms with Gasteiger partial charge >= 0.3 is 5.97 Å². The Hall–Kier alpha value is -4.20. The highest BCUT2D eigenvalue weighted by atomic mass is 16.6. The number of nitro groups is 1. The van der Waals surface area contributed by atoms with E-state index in [0.29, 0.717) is 17.0 Å². The number of ether oxygens (including phenoxy) is 2. The lowest BCUT2D eigenvalue weighted by molar-refractivity contribution is -0.385. The summed E-state index contributed by atoms with van der Waals surface area (Å²) in [5.74, 6) is -0.973. The van der Waals surface area contributed by atoms with Gasteiger partial charge in [0.15, 0.2) is 0 Å². The lowest BCUT2D eigenvalue weighted by atomic mass is 10.1. The van der Waals surface area contributed by atoms with E-state index >= 15 is 0 Å². The summed E-state index contributed by atoms with van der Waals surface area (Å²) in [6.45, 7) is 3.33. The quantitative estimate of drug-likeness (QED) is 0.326. The van der Waals surface area contributed by atoms with Crippen LogP contribution in [-0.4, -0.2) is 23.9 Å². The van der Waals surface area contributed by atoms with Crippen LogP contribution >= 0.6 is 0 Å². The van der Waals surface area contributed by atoms with Crippen LogP contribution in [0.5, 0.6) is 5.75 Å². The maximum absolute atomic E-state index is 13.2. The third kappa shape index (κ3) is 4.92. The molecule has 0 saturated heterocycles. The minimum atomic E-state index is -1.28. The molecule has 3 aromatic carbocycles. The number of anilines is 1. The molecule has 0 fully saturated rings. The average Bonchev–Trinajstić information content (AvgIpc) is 2.78. The number of hydrogen-bond acceptors (Lipinski definition) is 6. The number of amides is 1. The Morgan fingerprint density at radius 1 is 1.00 bits per heavy atom. The molecule has 0 radical (unpaired) electrons. The van der Waals surface area contributed by atoms with Crippen LogP contribution < -0.4 is 10.1 Å². The SMILES string of the molecule is COc1ccc(C)cc1NC(=O)[C@@H](OC(=O)c1cccc([N+](=O)[O-])c1C)c1ccccc1. The molecule has 0 aliphatic rings. The summed E-state index contributed by atoms with van der Waals surface area (Å²) in [7, 11) is 1.49. The smallest absolute Gasteiger partial charge is 0.339 e. The van der Waals surface area contributed by atoms with Gasteiger partial charge in [0.05, 0.1) is 23.3 Å². The molecule has 0 spiro atoms. The van der Waals surface area contributed by atoms with Crippen molar-refractivity contribution in [1.82, 2.24) is 0 Å². The van der Waals surface area contributed by atoms with Crippen LogP contribution in [0.1, 0.15) is 33.2 Å². The van der Waals surface area contributed by atoms with Crippen LogP contribution in [0.25, 0.3) is 0 Å². The second kappa shape index (κ2) is 9.74. The van der Waals surface area contributed by atoms with Gasteiger partial charge in [-0.1, -0.05) is 42.5 Å². The second-order valence-corrected chi connectivity index (χ2v) is 7.10. The lowest BCUT2D eigenvalue weighted by Gasteiger charge is -2.19. The maximum atomic E-state index is 13.2. The standard InChI is InChI=1S/C24H22N2O6/c1-15-12-13-21(31-3)19(14-15)25-23(27)22(17-8-5-4-6-9-17)32-24(28)18-10-7-11-20(16(18)2)26(29)30/h4-14,22H,1-3H3,(H,25,27)/t22-/m0/s1. The van der Waals surface area contributed by atoms with Crippen molar-refractivity contribution in [2.24, 2.45) is 0 Å². The Bertz CT molecular complexity index is 1160. The van der Waals surface area contributed by atoms with Gasteiger partial charge in [-0.2, -0.15) is 0 Å². The highest BCUT2D eigenvalue weighted by molar-refractivity contribution is 5.99. The van der Waals surface area contributed by atoms with E-state index in [1.54, 1.807) is 42.5 Å². The fourth-order valence-electron chi connectivity index (χ4n) is 3.23. The minimum absolute atomic E-state index is 0.0149. The van der Waals surface area contributed by atoms with Crippen LogP contribution in [-0.2, 0) is 9.53 Å². The number of carbonyl (C=O) groups excluding carboxylic acids is 2. The van der Waals surface area contributed by atoms with E-state index in [-0.39, 0.29) is 16.8 Å². The number of nitrogens with one attached hydrogen (secondary N) is 1. The number of methoxy groups -OCH3 is 1. The third-order valence-electron chi connectivity index (χ3n) is 4.90. The molecule has 0 bridgehead atoms. The number of rotatable bonds is 7. The molecule has 0 aliphatic heterocycles. The maximum Gasteiger partial charge on any atom is 0.339 e. The molecular weight excluding hydrogens is 412 g/mol. The first-order valence-corrected chi connectivity index (χ1v) is 9.77. The summed E-state index contributed by atoms with van der Waals surface area (Å²) < 4.78 is 10.9. The molecule has 0 unspecified atom stereocenters. The van der Waals surface area contributed by atoms with Crippen LogP contribution in [0.15, 0.2) is 66.7 Å². The Labute approximate surface area is 184 Å². The summed E-state index contributed by atoms with van der Waals surface area (Å²) in [5.41, 5.74) is 1.76. The lowest BCUT2D eigenvalue weighted by Crippen LogP contribution is -2.26. The van der Waals surface area contributed by atoms with Gasteiger partial charge in [0, 0.05) is 17.2 Å². The fourth-order valence-corrected chi connectivity index (χ4v) is 3.23. The number of carbonyl (C=O) groups is 2. The summed E-state index contributed by atoms with van der Waals surface area (Å²) in [6, 6.07) is 18.0. The van der Waals surface area contributed by atoms with Crippen molar-refractivity contribution >= 4 is 23.3 Å². The van der Waals surface area contributed by atoms with Gasteiger partial charge in [-0.3, -0.25) is 14.9 Å². The molecule has 3 aromatic rings. The van der Waals surface area contributed by atoms with Crippen LogP contribution in [0.4, 0.5) is 11.4 Å². The number of nitrogens with zero attached hydrogens (tertiary/aromatic N) is 1. The van der Waals surface area contributed by atoms with E-state index in [9.17, 15) is 19.7 Å². The summed E-state index contributed by atoms with van der Waals surface area (Å²) in [5, 5.41) is 14.0. The molecular formula is C24H22N2O6. The normalized spacial score (nSPS) is 11.3. The number of hydrogen-bond donors (Lipinski definition) is 1. The van der Waals surface area contributed by atoms with Gasteiger partial charge in [0.2, 0.25) is 6.10 Å². The zero-order valence-electron chi connectivity index (χ0n) is 17.8. The van der Waals surface area contributed by atoms with Gasteiger partial charge in [0.25, 0.3) is 11.6 Å². The summed E-state index contributed by atoms with van der Waals surface area (Å²) in [6.07, 6.45) is -1.28. The van der Waals surface area contributed by atoms with Gasteiger partial charge in [0.1, 0.15) is 5.75 Å². The predicted molar refractivity (Wildman–Crippen MR) is 119 cm³/mol. The van der Waals surface area contributed by atoms with Gasteiger partial charge in [-0.25, -0.2) is 4.79 Å². The van der Waals surface area contributed by atoms with E-state index in [1.165, 1.54) is 32.2 Å². The molecule has 1 amide bonds. The van der Waals surface area contributed by atoms with Crippen molar-refractivity contribution in [3.05, 3.63) is 99.1 Å². The van der Waals surface area contributed by atoms with E-state index in [2.05, 4.69) is 5.32 Å². The van der Waals surface area contributed by atoms with Crippen LogP contribution in [0, 0.1) is 24.0 Å². The summed E-state index contributed by atoms with van der Waals surface area (Å²) >= 11 is 0. The predicted octanol–water partition coefficient (Wildman–Crippen LogP) is 4.76. The van der Waals surface area contributed by atoms with Crippen molar-refractivity contribution in [3.8, 4) is 5.75 Å². The highest BCUT2D eigenvalue weighted by Crippen LogP contribution is 2.29. The minimum Gasteiger partial charge on any atom is -0.495 e. The monoisotopic (exact) mass is 434 g/mol. The molecule has 0 aliphatic carbocycles. The Morgan fingerprint density at radius 2 is 1.72 bits per heavy atom. The third-order valence-corrected chi connectivity index (χ3v) is 4.90. The van der Waals surface area contributed by atoms with Crippen molar-refractivity contribution in [3.63, 3.8) is 0 Å². The Balaban J connectivity index is 1.94. The van der Waals surface area contributed by atoms with Crippen molar-refractivity contribution < 1.29 is 24.0 Å². The number of nitro benzene ring substituents is 1. The molecule has 3 rings (SSSR count). The van der Waals surface area contributed by atoms with E-state index in [4.69, 9.17) is 9.47 Å². The van der Waals surface area contributed by atoms with Gasteiger partial charge in [-0.15, -0.1) is 0 Å². The van der Waals surface area contributed by atoms with Crippen LogP contribution in [0.2, 0.25) is 0 Å². The Morgan fingerprint density at radius 3 is 2.38 bits per heavy atom. The van der Waals surface area contributed by atoms with Crippen molar-refractivity contribution in [2.45, 2.75) is 20.0 Å². The summed E-state index contributed by atoms with van der Waals surface area (Å²) in [4.78, 5) is 36.7. The van der Waals surface area contributed by atoms with Crippen molar-refractivity contribution in [1.29, 1.82) is 0 Å². The average molecular weight is 434 g/mol. The van der Waals surface area contributed by atoms with Crippen LogP contribution in [0.3, 0.4) is 0 Å². The highest BCUT2D eigenvalue weighted by Gasteiger charge is 2.28. The molecule has 0 saturated carbocycles. The Kier molecular flexibility index (Phi) is 6.84. The van der Waals surface area contributed by atoms with E-state index < -0.39 is 22.9 Å². The number of aryl methyl sites for hydroxylation is 1. The first-order chi connectivity index (χ1) is 15.3. The largest absolute Gasteiger partial charge is 0.495 e. The first kappa shape index (κ1) is 22.5. The number of esters is 1. The molecule has 8 nitrogen and oxygen atoms in total. The van der Waals surface area contributed by atoms with Gasteiger partial charge in [-0.05, 0) is 37.6 Å². The number of benzene rings is 3. The second-order valence-electron chi connectivity index (χ2n) is 7.10. The van der Waals surface area contributed by atoms with Crippen molar-refractivity contribution in [2.75, 3.05) is 12.4 Å². The van der Waals surface area contributed by atoms with Gasteiger partial charge < -0.3 is 14.8 Å². The first-order valence-electron chi connectivity index (χ1n) is 9.77. The van der Waals surface area contributed by atoms with E-state index in [0.717, 1.165) is 5.56 Å². The van der Waals surface area contributed by atoms with E-state index in [1.807, 2.05) is 13.0 Å². The zero-order chi connectivity index (χ0) is 23.3. The molecule has 1 atom stereocenters. The fraction of sp³-hybridized carbons (Fsp3) is 0.167. The topological polar surface area (TPSA) is 108 Å². The molecule has 8 heteroatoms. The molecule has 164 valence electrons.